The van der Waals surface area contributed by atoms with E-state index in [1.165, 1.54) is 50.3 Å². The van der Waals surface area contributed by atoms with Crippen molar-refractivity contribution in [2.45, 2.75) is 79.1 Å². The molecule has 0 atom stereocenters. The molecule has 1 aromatic heterocycles. The van der Waals surface area contributed by atoms with E-state index in [0.717, 1.165) is 0 Å². The van der Waals surface area contributed by atoms with Gasteiger partial charge in [-0.15, -0.1) is 0 Å². The van der Waals surface area contributed by atoms with E-state index in [2.05, 4.69) is 139 Å². The molecular formula is C34H41N. The van der Waals surface area contributed by atoms with Gasteiger partial charge in [0.15, 0.2) is 0 Å². The van der Waals surface area contributed by atoms with Gasteiger partial charge >= 0.3 is 0 Å². The Kier molecular flexibility index (Phi) is 7.36. The van der Waals surface area contributed by atoms with Gasteiger partial charge in [-0.25, -0.2) is 0 Å². The molecule has 0 radical (unpaired) electrons. The molecule has 35 heavy (non-hydrogen) atoms. The number of aromatic nitrogens is 1. The summed E-state index contributed by atoms with van der Waals surface area (Å²) in [4.78, 5) is 0. The average molecular weight is 464 g/mol. The summed E-state index contributed by atoms with van der Waals surface area (Å²) in [6, 6.07) is 27.2. The molecule has 4 rings (SSSR count). The zero-order valence-electron chi connectivity index (χ0n) is 22.8. The molecule has 0 spiro atoms. The van der Waals surface area contributed by atoms with Crippen molar-refractivity contribution in [3.8, 4) is 28.1 Å². The summed E-state index contributed by atoms with van der Waals surface area (Å²) in [7, 11) is 0. The second kappa shape index (κ2) is 10.3. The van der Waals surface area contributed by atoms with Gasteiger partial charge in [0.1, 0.15) is 0 Å². The number of nitrogens with zero attached hydrogens (tertiary/aromatic N) is 1. The molecule has 0 bridgehead atoms. The van der Waals surface area contributed by atoms with Crippen molar-refractivity contribution < 1.29 is 0 Å². The van der Waals surface area contributed by atoms with Crippen molar-refractivity contribution in [1.82, 2.24) is 4.57 Å². The lowest BCUT2D eigenvalue weighted by atomic mass is 9.86. The molecule has 0 N–H and O–H groups in total. The topological polar surface area (TPSA) is 4.93 Å². The highest BCUT2D eigenvalue weighted by molar-refractivity contribution is 5.73. The summed E-state index contributed by atoms with van der Waals surface area (Å²) in [5.41, 5.74) is 12.1. The standard InChI is InChI=1S/C34H41N/c1-22(2)27-17-28(23(3)4)19-29(18-27)30-20-31(24(5)6)34(32(21-30)25(7)8)35-16-12-15-33(35)26-13-10-9-11-14-26/h9-25H,1-8H3. The van der Waals surface area contributed by atoms with Gasteiger partial charge in [0.2, 0.25) is 0 Å². The Labute approximate surface area is 212 Å². The smallest absolute Gasteiger partial charge is 0.0528 e. The second-order valence-electron chi connectivity index (χ2n) is 11.1. The maximum absolute atomic E-state index is 2.45. The van der Waals surface area contributed by atoms with Crippen LogP contribution in [0.15, 0.2) is 79.0 Å². The molecule has 1 nitrogen and oxygen atoms in total. The summed E-state index contributed by atoms with van der Waals surface area (Å²) in [5, 5.41) is 0. The molecule has 3 aromatic carbocycles. The molecular weight excluding hydrogens is 422 g/mol. The lowest BCUT2D eigenvalue weighted by molar-refractivity contribution is 0.808. The first-order valence-corrected chi connectivity index (χ1v) is 13.2. The minimum atomic E-state index is 0.409. The van der Waals surface area contributed by atoms with E-state index in [0.29, 0.717) is 23.7 Å². The minimum absolute atomic E-state index is 0.409. The predicted molar refractivity (Wildman–Crippen MR) is 153 cm³/mol. The fourth-order valence-corrected chi connectivity index (χ4v) is 4.94. The normalized spacial score (nSPS) is 11.9. The van der Waals surface area contributed by atoms with Gasteiger partial charge in [0.05, 0.1) is 11.4 Å². The van der Waals surface area contributed by atoms with E-state index in [-0.39, 0.29) is 0 Å². The third-order valence-electron chi connectivity index (χ3n) is 7.12. The van der Waals surface area contributed by atoms with Crippen LogP contribution in [0.25, 0.3) is 28.1 Å². The Balaban J connectivity index is 1.98. The Hall–Kier alpha value is -3.06. The Bertz CT molecular complexity index is 1230. The van der Waals surface area contributed by atoms with E-state index in [1.54, 1.807) is 0 Å². The molecule has 0 unspecified atom stereocenters. The zero-order valence-corrected chi connectivity index (χ0v) is 22.8. The molecule has 0 fully saturated rings. The van der Waals surface area contributed by atoms with Crippen LogP contribution >= 0.6 is 0 Å². The molecule has 182 valence electrons. The first-order chi connectivity index (χ1) is 16.7. The van der Waals surface area contributed by atoms with Crippen LogP contribution < -0.4 is 0 Å². The van der Waals surface area contributed by atoms with Gasteiger partial charge in [-0.3, -0.25) is 0 Å². The SMILES string of the molecule is CC(C)c1cc(-c2cc(C(C)C)c(-n3cccc3-c3ccccc3)c(C(C)C)c2)cc(C(C)C)c1. The van der Waals surface area contributed by atoms with Crippen LogP contribution in [0, 0.1) is 0 Å². The lowest BCUT2D eigenvalue weighted by Gasteiger charge is -2.25. The van der Waals surface area contributed by atoms with Crippen LogP contribution in [-0.2, 0) is 0 Å². The van der Waals surface area contributed by atoms with Gasteiger partial charge in [0, 0.05) is 6.20 Å². The van der Waals surface area contributed by atoms with Crippen LogP contribution in [0.1, 0.15) is 101 Å². The van der Waals surface area contributed by atoms with Crippen molar-refractivity contribution in [3.05, 3.63) is 101 Å². The first kappa shape index (κ1) is 25.0. The van der Waals surface area contributed by atoms with Crippen LogP contribution in [0.2, 0.25) is 0 Å². The average Bonchev–Trinajstić information content (AvgIpc) is 3.32. The Morgan fingerprint density at radius 1 is 0.486 bits per heavy atom. The summed E-state index contributed by atoms with van der Waals surface area (Å²) in [6.07, 6.45) is 2.23. The van der Waals surface area contributed by atoms with E-state index in [9.17, 15) is 0 Å². The lowest BCUT2D eigenvalue weighted by Crippen LogP contribution is -2.08. The molecule has 0 aliphatic heterocycles. The van der Waals surface area contributed by atoms with E-state index in [1.807, 2.05) is 0 Å². The quantitative estimate of drug-likeness (QED) is 0.257. The van der Waals surface area contributed by atoms with Crippen molar-refractivity contribution in [3.63, 3.8) is 0 Å². The van der Waals surface area contributed by atoms with Crippen molar-refractivity contribution in [2.75, 3.05) is 0 Å². The highest BCUT2D eigenvalue weighted by Gasteiger charge is 2.20. The Morgan fingerprint density at radius 2 is 1.00 bits per heavy atom. The number of rotatable bonds is 7. The minimum Gasteiger partial charge on any atom is -0.316 e. The number of benzene rings is 3. The van der Waals surface area contributed by atoms with Crippen LogP contribution in [-0.4, -0.2) is 4.57 Å². The Morgan fingerprint density at radius 3 is 1.49 bits per heavy atom. The van der Waals surface area contributed by atoms with Gasteiger partial charge in [-0.2, -0.15) is 0 Å². The molecule has 0 amide bonds. The molecule has 0 saturated carbocycles. The van der Waals surface area contributed by atoms with Gasteiger partial charge < -0.3 is 4.57 Å². The fraction of sp³-hybridized carbons (Fsp3) is 0.353. The van der Waals surface area contributed by atoms with Crippen LogP contribution in [0.4, 0.5) is 0 Å². The largest absolute Gasteiger partial charge is 0.316 e. The van der Waals surface area contributed by atoms with E-state index >= 15 is 0 Å². The third-order valence-corrected chi connectivity index (χ3v) is 7.12. The maximum Gasteiger partial charge on any atom is 0.0528 e. The van der Waals surface area contributed by atoms with E-state index < -0.39 is 0 Å². The number of hydrogen-bond acceptors (Lipinski definition) is 0. The highest BCUT2D eigenvalue weighted by atomic mass is 15.0. The van der Waals surface area contributed by atoms with Gasteiger partial charge in [-0.1, -0.05) is 104 Å². The van der Waals surface area contributed by atoms with Crippen LogP contribution in [0.3, 0.4) is 0 Å². The monoisotopic (exact) mass is 463 g/mol. The van der Waals surface area contributed by atoms with Crippen molar-refractivity contribution in [1.29, 1.82) is 0 Å². The summed E-state index contributed by atoms with van der Waals surface area (Å²) >= 11 is 0. The van der Waals surface area contributed by atoms with Crippen molar-refractivity contribution in [2.24, 2.45) is 0 Å². The molecule has 0 aliphatic carbocycles. The van der Waals surface area contributed by atoms with Crippen molar-refractivity contribution >= 4 is 0 Å². The second-order valence-corrected chi connectivity index (χ2v) is 11.1. The highest BCUT2D eigenvalue weighted by Crippen LogP contribution is 2.39. The van der Waals surface area contributed by atoms with Gasteiger partial charge in [0.25, 0.3) is 0 Å². The first-order valence-electron chi connectivity index (χ1n) is 13.2. The van der Waals surface area contributed by atoms with Gasteiger partial charge in [-0.05, 0) is 86.9 Å². The summed E-state index contributed by atoms with van der Waals surface area (Å²) in [5.74, 6) is 1.83. The molecule has 1 heteroatoms. The molecule has 4 aromatic rings. The molecule has 0 aliphatic rings. The molecule has 1 heterocycles. The third kappa shape index (κ3) is 5.15. The maximum atomic E-state index is 2.45. The van der Waals surface area contributed by atoms with E-state index in [4.69, 9.17) is 0 Å². The predicted octanol–water partition coefficient (Wildman–Crippen LogP) is 10.3. The summed E-state index contributed by atoms with van der Waals surface area (Å²) < 4.78 is 2.41. The zero-order chi connectivity index (χ0) is 25.3. The van der Waals surface area contributed by atoms with Crippen LogP contribution in [0.5, 0.6) is 0 Å². The molecule has 0 saturated heterocycles. The number of hydrogen-bond donors (Lipinski definition) is 0. The fourth-order valence-electron chi connectivity index (χ4n) is 4.94. The summed E-state index contributed by atoms with van der Waals surface area (Å²) in [6.45, 7) is 18.5.